The van der Waals surface area contributed by atoms with Crippen LogP contribution in [0.4, 0.5) is 0 Å². The molecule has 1 unspecified atom stereocenters. The molecule has 2 heteroatoms. The second kappa shape index (κ2) is 5.76. The maximum atomic E-state index is 4.11. The van der Waals surface area contributed by atoms with Crippen LogP contribution in [0.1, 0.15) is 43.5 Å². The fourth-order valence-corrected chi connectivity index (χ4v) is 2.50. The smallest absolute Gasteiger partial charge is 0.0597 e. The van der Waals surface area contributed by atoms with Gasteiger partial charge in [-0.2, -0.15) is 0 Å². The van der Waals surface area contributed by atoms with E-state index in [2.05, 4.69) is 81.1 Å². The number of aromatic nitrogens is 1. The van der Waals surface area contributed by atoms with Gasteiger partial charge in [-0.05, 0) is 48.3 Å². The third-order valence-corrected chi connectivity index (χ3v) is 3.63. The van der Waals surface area contributed by atoms with E-state index < -0.39 is 0 Å². The van der Waals surface area contributed by atoms with Gasteiger partial charge in [0.05, 0.1) is 6.04 Å². The number of hydrogen-bond donors (Lipinski definition) is 0. The molecule has 2 nitrogen and oxygen atoms in total. The highest BCUT2D eigenvalue weighted by atomic mass is 15.1. The van der Waals surface area contributed by atoms with Crippen molar-refractivity contribution in [3.05, 3.63) is 65.5 Å². The average Bonchev–Trinajstić information content (AvgIpc) is 2.39. The Labute approximate surface area is 122 Å². The molecule has 1 heterocycles. The highest BCUT2D eigenvalue weighted by Crippen LogP contribution is 2.29. The Balaban J connectivity index is 2.37. The van der Waals surface area contributed by atoms with E-state index in [4.69, 9.17) is 0 Å². The Kier molecular flexibility index (Phi) is 4.24. The van der Waals surface area contributed by atoms with Gasteiger partial charge in [0, 0.05) is 12.4 Å². The van der Waals surface area contributed by atoms with Gasteiger partial charge < -0.3 is 0 Å². The molecule has 106 valence electrons. The summed E-state index contributed by atoms with van der Waals surface area (Å²) in [6.07, 6.45) is 3.71. The van der Waals surface area contributed by atoms with E-state index in [1.165, 1.54) is 16.7 Å². The lowest BCUT2D eigenvalue weighted by atomic mass is 9.85. The van der Waals surface area contributed by atoms with Crippen molar-refractivity contribution >= 4 is 0 Å². The maximum absolute atomic E-state index is 4.11. The lowest BCUT2D eigenvalue weighted by Gasteiger charge is -2.26. The summed E-state index contributed by atoms with van der Waals surface area (Å²) in [5.74, 6) is 0. The molecule has 0 fully saturated rings. The molecule has 0 bridgehead atoms. The van der Waals surface area contributed by atoms with Gasteiger partial charge in [-0.1, -0.05) is 45.0 Å². The predicted octanol–water partition coefficient (Wildman–Crippen LogP) is 4.03. The maximum Gasteiger partial charge on any atom is 0.0597 e. The molecule has 0 aliphatic carbocycles. The lowest BCUT2D eigenvalue weighted by Crippen LogP contribution is -2.21. The molecule has 0 amide bonds. The van der Waals surface area contributed by atoms with Crippen LogP contribution in [0.3, 0.4) is 0 Å². The molecular weight excluding hydrogens is 244 g/mol. The molecule has 1 aromatic carbocycles. The van der Waals surface area contributed by atoms with E-state index in [-0.39, 0.29) is 11.5 Å². The fourth-order valence-electron chi connectivity index (χ4n) is 2.50. The molecule has 0 aliphatic rings. The van der Waals surface area contributed by atoms with E-state index in [1.54, 1.807) is 0 Å². The highest BCUT2D eigenvalue weighted by Gasteiger charge is 2.18. The number of hydrogen-bond acceptors (Lipinski definition) is 2. The van der Waals surface area contributed by atoms with E-state index >= 15 is 0 Å². The number of rotatable bonds is 3. The fraction of sp³-hybridized carbons (Fsp3) is 0.389. The van der Waals surface area contributed by atoms with Crippen molar-refractivity contribution < 1.29 is 0 Å². The van der Waals surface area contributed by atoms with Gasteiger partial charge >= 0.3 is 0 Å². The number of pyridine rings is 1. The van der Waals surface area contributed by atoms with Gasteiger partial charge in [0.1, 0.15) is 0 Å². The standard InChI is InChI=1S/C18H24N2/c1-18(2,3)16-8-6-14(7-9-16)17(20(4)5)15-10-12-19-13-11-15/h6-13,17H,1-5H3. The summed E-state index contributed by atoms with van der Waals surface area (Å²) in [5, 5.41) is 0. The second-order valence-corrected chi connectivity index (χ2v) is 6.52. The number of benzene rings is 1. The summed E-state index contributed by atoms with van der Waals surface area (Å²) in [5.41, 5.74) is 4.15. The minimum Gasteiger partial charge on any atom is -0.299 e. The van der Waals surface area contributed by atoms with E-state index in [0.717, 1.165) is 0 Å². The first-order valence-corrected chi connectivity index (χ1v) is 7.06. The minimum atomic E-state index is 0.197. The molecular formula is C18H24N2. The van der Waals surface area contributed by atoms with Crippen LogP contribution in [-0.2, 0) is 5.41 Å². The van der Waals surface area contributed by atoms with Crippen molar-refractivity contribution in [2.75, 3.05) is 14.1 Å². The summed E-state index contributed by atoms with van der Waals surface area (Å²) in [7, 11) is 4.23. The van der Waals surface area contributed by atoms with Crippen molar-refractivity contribution in [2.45, 2.75) is 32.2 Å². The van der Waals surface area contributed by atoms with Crippen LogP contribution in [0, 0.1) is 0 Å². The lowest BCUT2D eigenvalue weighted by molar-refractivity contribution is 0.342. The molecule has 0 radical (unpaired) electrons. The first-order valence-electron chi connectivity index (χ1n) is 7.06. The molecule has 20 heavy (non-hydrogen) atoms. The molecule has 0 aliphatic heterocycles. The van der Waals surface area contributed by atoms with Crippen molar-refractivity contribution in [1.29, 1.82) is 0 Å². The van der Waals surface area contributed by atoms with Crippen molar-refractivity contribution in [3.63, 3.8) is 0 Å². The van der Waals surface area contributed by atoms with Gasteiger partial charge in [0.2, 0.25) is 0 Å². The highest BCUT2D eigenvalue weighted by molar-refractivity contribution is 5.34. The van der Waals surface area contributed by atoms with E-state index in [0.29, 0.717) is 0 Å². The third kappa shape index (κ3) is 3.26. The predicted molar refractivity (Wildman–Crippen MR) is 84.9 cm³/mol. The average molecular weight is 268 g/mol. The van der Waals surface area contributed by atoms with Crippen molar-refractivity contribution in [3.8, 4) is 0 Å². The third-order valence-electron chi connectivity index (χ3n) is 3.63. The Morgan fingerprint density at radius 2 is 1.35 bits per heavy atom. The first-order chi connectivity index (χ1) is 9.39. The van der Waals surface area contributed by atoms with Gasteiger partial charge in [0.15, 0.2) is 0 Å². The normalized spacial score (nSPS) is 13.5. The van der Waals surface area contributed by atoms with Gasteiger partial charge in [-0.15, -0.1) is 0 Å². The molecule has 0 saturated heterocycles. The molecule has 1 atom stereocenters. The molecule has 2 rings (SSSR count). The van der Waals surface area contributed by atoms with Crippen LogP contribution in [0.25, 0.3) is 0 Å². The zero-order chi connectivity index (χ0) is 14.8. The van der Waals surface area contributed by atoms with Crippen LogP contribution in [0.5, 0.6) is 0 Å². The Bertz CT molecular complexity index is 536. The van der Waals surface area contributed by atoms with Crippen LogP contribution in [0.2, 0.25) is 0 Å². The molecule has 0 spiro atoms. The summed E-state index contributed by atoms with van der Waals surface area (Å²) in [6.45, 7) is 6.73. The van der Waals surface area contributed by atoms with E-state index in [1.807, 2.05) is 12.4 Å². The Hall–Kier alpha value is -1.67. The van der Waals surface area contributed by atoms with Crippen LogP contribution >= 0.6 is 0 Å². The topological polar surface area (TPSA) is 16.1 Å². The molecule has 2 aromatic rings. The van der Waals surface area contributed by atoms with Crippen LogP contribution in [0.15, 0.2) is 48.8 Å². The molecule has 0 N–H and O–H groups in total. The van der Waals surface area contributed by atoms with Crippen molar-refractivity contribution in [2.24, 2.45) is 0 Å². The Morgan fingerprint density at radius 1 is 0.850 bits per heavy atom. The zero-order valence-electron chi connectivity index (χ0n) is 13.1. The van der Waals surface area contributed by atoms with Crippen LogP contribution in [-0.4, -0.2) is 24.0 Å². The van der Waals surface area contributed by atoms with E-state index in [9.17, 15) is 0 Å². The monoisotopic (exact) mass is 268 g/mol. The van der Waals surface area contributed by atoms with Crippen LogP contribution < -0.4 is 0 Å². The summed E-state index contributed by atoms with van der Waals surface area (Å²) in [4.78, 5) is 6.35. The SMILES string of the molecule is CN(C)C(c1ccncc1)c1ccc(C(C)(C)C)cc1. The van der Waals surface area contributed by atoms with Gasteiger partial charge in [-0.25, -0.2) is 0 Å². The summed E-state index contributed by atoms with van der Waals surface area (Å²) in [6, 6.07) is 13.4. The molecule has 1 aromatic heterocycles. The quantitative estimate of drug-likeness (QED) is 0.835. The largest absolute Gasteiger partial charge is 0.299 e. The van der Waals surface area contributed by atoms with Gasteiger partial charge in [0.25, 0.3) is 0 Å². The first kappa shape index (κ1) is 14.7. The summed E-state index contributed by atoms with van der Waals surface area (Å²) >= 11 is 0. The molecule has 0 saturated carbocycles. The van der Waals surface area contributed by atoms with Crippen molar-refractivity contribution in [1.82, 2.24) is 9.88 Å². The summed E-state index contributed by atoms with van der Waals surface area (Å²) < 4.78 is 0. The Morgan fingerprint density at radius 3 is 1.80 bits per heavy atom. The number of nitrogens with zero attached hydrogens (tertiary/aromatic N) is 2. The van der Waals surface area contributed by atoms with Gasteiger partial charge in [-0.3, -0.25) is 9.88 Å². The second-order valence-electron chi connectivity index (χ2n) is 6.52. The zero-order valence-corrected chi connectivity index (χ0v) is 13.1. The minimum absolute atomic E-state index is 0.197.